The van der Waals surface area contributed by atoms with Gasteiger partial charge in [0.1, 0.15) is 17.6 Å². The van der Waals surface area contributed by atoms with E-state index in [1.54, 1.807) is 7.11 Å². The summed E-state index contributed by atoms with van der Waals surface area (Å²) in [6.45, 7) is 9.66. The van der Waals surface area contributed by atoms with Gasteiger partial charge in [-0.3, -0.25) is 0 Å². The second-order valence-corrected chi connectivity index (χ2v) is 7.11. The van der Waals surface area contributed by atoms with Crippen LogP contribution in [0.1, 0.15) is 32.3 Å². The lowest BCUT2D eigenvalue weighted by atomic mass is 10.1. The number of likely N-dealkylation sites (tertiary alicyclic amines) is 1. The highest BCUT2D eigenvalue weighted by Gasteiger charge is 2.19. The molecule has 1 heterocycles. The van der Waals surface area contributed by atoms with Gasteiger partial charge < -0.3 is 19.3 Å². The van der Waals surface area contributed by atoms with E-state index >= 15 is 0 Å². The van der Waals surface area contributed by atoms with Crippen LogP contribution in [0.3, 0.4) is 0 Å². The number of hydrogen-bond donors (Lipinski definition) is 0. The summed E-state index contributed by atoms with van der Waals surface area (Å²) < 4.78 is 11.5. The summed E-state index contributed by atoms with van der Waals surface area (Å²) in [4.78, 5) is 4.83. The minimum Gasteiger partial charge on any atom is -0.497 e. The van der Waals surface area contributed by atoms with Gasteiger partial charge in [-0.2, -0.15) is 0 Å². The molecular weight excluding hydrogens is 336 g/mol. The van der Waals surface area contributed by atoms with Crippen LogP contribution in [-0.2, 0) is 6.54 Å². The molecule has 0 unspecified atom stereocenters. The zero-order valence-electron chi connectivity index (χ0n) is 16.9. The molecular formula is C23H32N2O2. The molecule has 4 nitrogen and oxygen atoms in total. The van der Waals surface area contributed by atoms with Gasteiger partial charge in [0, 0.05) is 37.9 Å². The van der Waals surface area contributed by atoms with Gasteiger partial charge in [-0.25, -0.2) is 0 Å². The zero-order chi connectivity index (χ0) is 19.1. The van der Waals surface area contributed by atoms with Crippen molar-refractivity contribution in [2.24, 2.45) is 0 Å². The molecule has 1 fully saturated rings. The number of rotatable bonds is 8. The van der Waals surface area contributed by atoms with Crippen molar-refractivity contribution in [3.8, 4) is 11.5 Å². The van der Waals surface area contributed by atoms with Crippen molar-refractivity contribution >= 4 is 5.69 Å². The standard InChI is InChI=1S/C23H32N2O2/c1-4-24-15-13-22(14-16-24)27-21-11-9-19(10-12-21)18-25(5-2)20-7-6-8-23(17-20)26-3/h6-12,17,22H,4-5,13-16,18H2,1-3H3. The first-order valence-corrected chi connectivity index (χ1v) is 10.1. The van der Waals surface area contributed by atoms with Crippen LogP contribution in [0, 0.1) is 0 Å². The molecule has 1 saturated heterocycles. The summed E-state index contributed by atoms with van der Waals surface area (Å²) in [7, 11) is 1.71. The number of anilines is 1. The largest absolute Gasteiger partial charge is 0.497 e. The third kappa shape index (κ3) is 5.39. The van der Waals surface area contributed by atoms with Crippen molar-refractivity contribution in [1.82, 2.24) is 4.90 Å². The van der Waals surface area contributed by atoms with E-state index in [0.29, 0.717) is 6.10 Å². The summed E-state index contributed by atoms with van der Waals surface area (Å²) in [6.07, 6.45) is 2.59. The van der Waals surface area contributed by atoms with Crippen LogP contribution in [-0.4, -0.2) is 44.3 Å². The van der Waals surface area contributed by atoms with E-state index in [9.17, 15) is 0 Å². The summed E-state index contributed by atoms with van der Waals surface area (Å²) in [5.41, 5.74) is 2.47. The Morgan fingerprint density at radius 2 is 1.74 bits per heavy atom. The van der Waals surface area contributed by atoms with Crippen molar-refractivity contribution in [1.29, 1.82) is 0 Å². The number of hydrogen-bond acceptors (Lipinski definition) is 4. The smallest absolute Gasteiger partial charge is 0.120 e. The average Bonchev–Trinajstić information content (AvgIpc) is 2.73. The first-order valence-electron chi connectivity index (χ1n) is 10.1. The molecule has 0 bridgehead atoms. The van der Waals surface area contributed by atoms with Crippen LogP contribution in [0.2, 0.25) is 0 Å². The molecule has 27 heavy (non-hydrogen) atoms. The molecule has 146 valence electrons. The number of ether oxygens (including phenoxy) is 2. The quantitative estimate of drug-likeness (QED) is 0.681. The Bertz CT molecular complexity index is 694. The lowest BCUT2D eigenvalue weighted by molar-refractivity contribution is 0.104. The van der Waals surface area contributed by atoms with Crippen LogP contribution in [0.5, 0.6) is 11.5 Å². The molecule has 0 N–H and O–H groups in total. The van der Waals surface area contributed by atoms with E-state index in [1.807, 2.05) is 12.1 Å². The Labute approximate surface area is 163 Å². The van der Waals surface area contributed by atoms with E-state index in [4.69, 9.17) is 9.47 Å². The van der Waals surface area contributed by atoms with E-state index in [0.717, 1.165) is 57.1 Å². The first-order chi connectivity index (χ1) is 13.2. The van der Waals surface area contributed by atoms with E-state index < -0.39 is 0 Å². The lowest BCUT2D eigenvalue weighted by Gasteiger charge is -2.31. The van der Waals surface area contributed by atoms with Crippen LogP contribution >= 0.6 is 0 Å². The van der Waals surface area contributed by atoms with Crippen molar-refractivity contribution < 1.29 is 9.47 Å². The highest BCUT2D eigenvalue weighted by molar-refractivity contribution is 5.51. The molecule has 0 amide bonds. The number of piperidine rings is 1. The van der Waals surface area contributed by atoms with Gasteiger partial charge in [-0.05, 0) is 56.1 Å². The second-order valence-electron chi connectivity index (χ2n) is 7.11. The number of methoxy groups -OCH3 is 1. The van der Waals surface area contributed by atoms with Crippen LogP contribution in [0.25, 0.3) is 0 Å². The Balaban J connectivity index is 1.57. The molecule has 0 atom stereocenters. The van der Waals surface area contributed by atoms with Crippen molar-refractivity contribution in [2.75, 3.05) is 38.2 Å². The third-order valence-electron chi connectivity index (χ3n) is 5.38. The minimum absolute atomic E-state index is 0.350. The SMILES string of the molecule is CCN1CCC(Oc2ccc(CN(CC)c3cccc(OC)c3)cc2)CC1. The molecule has 2 aromatic carbocycles. The van der Waals surface area contributed by atoms with Crippen LogP contribution in [0.4, 0.5) is 5.69 Å². The monoisotopic (exact) mass is 368 g/mol. The van der Waals surface area contributed by atoms with Crippen LogP contribution < -0.4 is 14.4 Å². The molecule has 1 aliphatic heterocycles. The van der Waals surface area contributed by atoms with E-state index in [1.165, 1.54) is 11.3 Å². The highest BCUT2D eigenvalue weighted by atomic mass is 16.5. The predicted molar refractivity (Wildman–Crippen MR) is 112 cm³/mol. The predicted octanol–water partition coefficient (Wildman–Crippen LogP) is 4.58. The lowest BCUT2D eigenvalue weighted by Crippen LogP contribution is -2.37. The average molecular weight is 369 g/mol. The van der Waals surface area contributed by atoms with E-state index in [2.05, 4.69) is 60.0 Å². The fourth-order valence-electron chi connectivity index (χ4n) is 3.62. The molecule has 0 aliphatic carbocycles. The molecule has 1 aliphatic rings. The first kappa shape index (κ1) is 19.6. The van der Waals surface area contributed by atoms with Crippen molar-refractivity contribution in [3.05, 3.63) is 54.1 Å². The molecule has 0 saturated carbocycles. The zero-order valence-corrected chi connectivity index (χ0v) is 16.9. The summed E-state index contributed by atoms with van der Waals surface area (Å²) in [5, 5.41) is 0. The van der Waals surface area contributed by atoms with Crippen LogP contribution in [0.15, 0.2) is 48.5 Å². The summed E-state index contributed by atoms with van der Waals surface area (Å²) >= 11 is 0. The van der Waals surface area contributed by atoms with Crippen molar-refractivity contribution in [3.63, 3.8) is 0 Å². The Hall–Kier alpha value is -2.20. The highest BCUT2D eigenvalue weighted by Crippen LogP contribution is 2.24. The molecule has 4 heteroatoms. The minimum atomic E-state index is 0.350. The summed E-state index contributed by atoms with van der Waals surface area (Å²) in [6, 6.07) is 16.8. The number of nitrogens with zero attached hydrogens (tertiary/aromatic N) is 2. The van der Waals surface area contributed by atoms with Crippen molar-refractivity contribution in [2.45, 2.75) is 39.3 Å². The van der Waals surface area contributed by atoms with Gasteiger partial charge in [-0.1, -0.05) is 25.1 Å². The van der Waals surface area contributed by atoms with Gasteiger partial charge in [0.05, 0.1) is 7.11 Å². The van der Waals surface area contributed by atoms with Gasteiger partial charge >= 0.3 is 0 Å². The maximum absolute atomic E-state index is 6.19. The topological polar surface area (TPSA) is 24.9 Å². The second kappa shape index (κ2) is 9.65. The van der Waals surface area contributed by atoms with Gasteiger partial charge in [-0.15, -0.1) is 0 Å². The van der Waals surface area contributed by atoms with Gasteiger partial charge in [0.2, 0.25) is 0 Å². The summed E-state index contributed by atoms with van der Waals surface area (Å²) in [5.74, 6) is 1.88. The normalized spacial score (nSPS) is 15.5. The molecule has 0 aromatic heterocycles. The maximum atomic E-state index is 6.19. The fourth-order valence-corrected chi connectivity index (χ4v) is 3.62. The Kier molecular flexibility index (Phi) is 6.99. The molecule has 0 radical (unpaired) electrons. The van der Waals surface area contributed by atoms with E-state index in [-0.39, 0.29) is 0 Å². The fraction of sp³-hybridized carbons (Fsp3) is 0.478. The maximum Gasteiger partial charge on any atom is 0.120 e. The van der Waals surface area contributed by atoms with Gasteiger partial charge in [0.15, 0.2) is 0 Å². The Morgan fingerprint density at radius 1 is 1.00 bits per heavy atom. The Morgan fingerprint density at radius 3 is 2.37 bits per heavy atom. The third-order valence-corrected chi connectivity index (χ3v) is 5.38. The molecule has 2 aromatic rings. The number of benzene rings is 2. The molecule has 3 rings (SSSR count). The molecule has 0 spiro atoms. The van der Waals surface area contributed by atoms with Gasteiger partial charge in [0.25, 0.3) is 0 Å².